The van der Waals surface area contributed by atoms with E-state index < -0.39 is 10.1 Å². The van der Waals surface area contributed by atoms with Gasteiger partial charge in [-0.2, -0.15) is 5.43 Å². The molecule has 1 atom stereocenters. The molecule has 4 rings (SSSR count). The lowest BCUT2D eigenvalue weighted by Gasteiger charge is -2.30. The number of amides is 1. The highest BCUT2D eigenvalue weighted by Crippen LogP contribution is 2.53. The molecule has 0 saturated heterocycles. The Morgan fingerprint density at radius 1 is 0.947 bits per heavy atom. The third-order valence-corrected chi connectivity index (χ3v) is 6.90. The van der Waals surface area contributed by atoms with E-state index in [1.54, 1.807) is 6.08 Å². The van der Waals surface area contributed by atoms with Crippen molar-refractivity contribution in [2.75, 3.05) is 5.75 Å². The van der Waals surface area contributed by atoms with E-state index in [-0.39, 0.29) is 16.3 Å². The second kappa shape index (κ2) is 13.1. The van der Waals surface area contributed by atoms with Crippen LogP contribution in [0, 0.1) is 6.92 Å². The minimum atomic E-state index is -3.94. The lowest BCUT2D eigenvalue weighted by molar-refractivity contribution is -0.122. The number of aryl methyl sites for hydroxylation is 1. The summed E-state index contributed by atoms with van der Waals surface area (Å²) in [6.45, 7) is 7.68. The van der Waals surface area contributed by atoms with Gasteiger partial charge in [-0.1, -0.05) is 92.7 Å². The van der Waals surface area contributed by atoms with Gasteiger partial charge in [-0.05, 0) is 36.6 Å². The summed E-state index contributed by atoms with van der Waals surface area (Å²) < 4.78 is 29.7. The Kier molecular flexibility index (Phi) is 9.96. The average Bonchev–Trinajstić information content (AvgIpc) is 3.17. The van der Waals surface area contributed by atoms with Crippen molar-refractivity contribution in [3.05, 3.63) is 121 Å². The van der Waals surface area contributed by atoms with E-state index >= 15 is 0 Å². The Morgan fingerprint density at radius 2 is 1.63 bits per heavy atom. The maximum Gasteiger partial charge on any atom is 0.270 e. The normalized spacial score (nSPS) is 16.0. The van der Waals surface area contributed by atoms with Crippen molar-refractivity contribution in [2.24, 2.45) is 0 Å². The quantitative estimate of drug-likeness (QED) is 0.195. The number of allylic oxidation sites excluding steroid dienone is 4. The molecule has 1 amide bonds. The molecule has 198 valence electrons. The van der Waals surface area contributed by atoms with Crippen LogP contribution in [0.5, 0.6) is 0 Å². The third kappa shape index (κ3) is 7.16. The highest BCUT2D eigenvalue weighted by molar-refractivity contribution is 7.85. The van der Waals surface area contributed by atoms with Crippen LogP contribution in [0.2, 0.25) is 0 Å². The number of hydrogen-bond donors (Lipinski definition) is 1. The molecule has 38 heavy (non-hydrogen) atoms. The van der Waals surface area contributed by atoms with Crippen molar-refractivity contribution in [1.29, 1.82) is 0 Å². The van der Waals surface area contributed by atoms with E-state index in [0.29, 0.717) is 12.8 Å². The minimum absolute atomic E-state index is 0.0392. The van der Waals surface area contributed by atoms with Crippen molar-refractivity contribution in [3.8, 4) is 11.1 Å². The van der Waals surface area contributed by atoms with Gasteiger partial charge in [0.1, 0.15) is 6.20 Å². The molecule has 0 saturated carbocycles. The van der Waals surface area contributed by atoms with Crippen molar-refractivity contribution in [1.82, 2.24) is 10.0 Å². The molecule has 7 heteroatoms. The second-order valence-corrected chi connectivity index (χ2v) is 10.5. The molecule has 6 nitrogen and oxygen atoms in total. The molecule has 0 radical (unpaired) electrons. The number of unbranched alkanes of at least 4 members (excludes halogenated alkanes) is 1. The number of quaternary nitrogens is 1. The third-order valence-electron chi connectivity index (χ3n) is 6.11. The Labute approximate surface area is 226 Å². The van der Waals surface area contributed by atoms with Gasteiger partial charge in [0.2, 0.25) is 0 Å². The molecule has 0 aromatic heterocycles. The monoisotopic (exact) mass is 530 g/mol. The smallest absolute Gasteiger partial charge is 0.270 e. The molecule has 1 N–H and O–H groups in total. The summed E-state index contributed by atoms with van der Waals surface area (Å²) in [7, 11) is -3.94. The van der Waals surface area contributed by atoms with E-state index in [0.717, 1.165) is 28.9 Å². The van der Waals surface area contributed by atoms with E-state index in [1.807, 2.05) is 79.9 Å². The number of para-hydroxylation sites is 1. The number of nitrogens with one attached hydrogen (secondary N) is 1. The number of rotatable bonds is 9. The van der Waals surface area contributed by atoms with Crippen molar-refractivity contribution < 1.29 is 17.8 Å². The fourth-order valence-electron chi connectivity index (χ4n) is 4.40. The molecular formula is C31H34N2O4S. The van der Waals surface area contributed by atoms with E-state index in [9.17, 15) is 17.8 Å². The van der Waals surface area contributed by atoms with Gasteiger partial charge in [0.15, 0.2) is 11.4 Å². The number of nitrogens with zero attached hydrogens (tertiary/aromatic N) is 1. The van der Waals surface area contributed by atoms with Gasteiger partial charge in [-0.15, -0.1) is 4.59 Å². The topological polar surface area (TPSA) is 86.3 Å². The lowest BCUT2D eigenvalue weighted by Crippen LogP contribution is -2.53. The predicted molar refractivity (Wildman–Crippen MR) is 154 cm³/mol. The van der Waals surface area contributed by atoms with Gasteiger partial charge in [-0.3, -0.25) is 4.79 Å². The molecule has 0 spiro atoms. The van der Waals surface area contributed by atoms with E-state index in [4.69, 9.17) is 0 Å². The van der Waals surface area contributed by atoms with Crippen LogP contribution in [0.15, 0.2) is 110 Å². The van der Waals surface area contributed by atoms with Crippen LogP contribution < -0.4 is 10.0 Å². The predicted octanol–water partition coefficient (Wildman–Crippen LogP) is 6.48. The Bertz CT molecular complexity index is 1430. The van der Waals surface area contributed by atoms with E-state index in [2.05, 4.69) is 43.2 Å². The zero-order valence-corrected chi connectivity index (χ0v) is 22.7. The standard InChI is InChI=1S/C27H24N2O.C4H10O3S/c1-3-4-5-11-19-29(28-26(30)20-22-14-7-6-8-15-22)24-17-10-9-16-23(24)27-21(2)13-12-18-25(27)29;1-2-3-4-8(5,6)7/h3-19H,1,20H2,2H3;2-4H2,1H3,(H,5,6,7). The van der Waals surface area contributed by atoms with Gasteiger partial charge in [0.25, 0.3) is 5.91 Å². The highest BCUT2D eigenvalue weighted by Gasteiger charge is 2.45. The number of hydrogen-bond acceptors (Lipinski definition) is 4. The molecule has 1 heterocycles. The van der Waals surface area contributed by atoms with Gasteiger partial charge in [0.05, 0.1) is 27.7 Å². The van der Waals surface area contributed by atoms with Gasteiger partial charge in [-0.25, -0.2) is 8.42 Å². The van der Waals surface area contributed by atoms with Crippen LogP contribution in [0.1, 0.15) is 30.9 Å². The van der Waals surface area contributed by atoms with Crippen molar-refractivity contribution >= 4 is 27.4 Å². The highest BCUT2D eigenvalue weighted by atomic mass is 32.2. The summed E-state index contributed by atoms with van der Waals surface area (Å²) in [5.41, 5.74) is 9.87. The fourth-order valence-corrected chi connectivity index (χ4v) is 5.04. The van der Waals surface area contributed by atoms with Crippen LogP contribution in [-0.4, -0.2) is 24.6 Å². The fraction of sp³-hybridized carbons (Fsp3) is 0.194. The number of carbonyl (C=O) groups is 1. The second-order valence-electron chi connectivity index (χ2n) is 8.98. The molecule has 0 fully saturated rings. The first-order valence-electron chi connectivity index (χ1n) is 12.6. The molecule has 1 aliphatic heterocycles. The first-order valence-corrected chi connectivity index (χ1v) is 14.1. The summed E-state index contributed by atoms with van der Waals surface area (Å²) >= 11 is 0. The summed E-state index contributed by atoms with van der Waals surface area (Å²) in [6.07, 6.45) is 11.1. The van der Waals surface area contributed by atoms with Crippen LogP contribution in [0.3, 0.4) is 0 Å². The molecule has 3 aromatic rings. The zero-order chi connectivity index (χ0) is 27.6. The SMILES string of the molecule is C=CC=CC=C[N+]1(NC(=O)Cc2ccccc2)c2ccccc2-c2c(C)cccc21.CCCCS(=O)(=O)[O-]. The summed E-state index contributed by atoms with van der Waals surface area (Å²) in [5, 5.41) is 0. The summed E-state index contributed by atoms with van der Waals surface area (Å²) in [4.78, 5) is 13.2. The number of benzene rings is 3. The average molecular weight is 531 g/mol. The lowest BCUT2D eigenvalue weighted by atomic mass is 10.0. The van der Waals surface area contributed by atoms with Gasteiger partial charge in [0, 0.05) is 17.9 Å². The van der Waals surface area contributed by atoms with Gasteiger partial charge >= 0.3 is 0 Å². The Balaban J connectivity index is 0.000000436. The summed E-state index contributed by atoms with van der Waals surface area (Å²) in [5.74, 6) is -0.258. The molecule has 3 aromatic carbocycles. The zero-order valence-electron chi connectivity index (χ0n) is 21.8. The molecule has 0 aliphatic carbocycles. The van der Waals surface area contributed by atoms with E-state index in [1.165, 1.54) is 11.1 Å². The number of fused-ring (bicyclic) bond motifs is 3. The largest absolute Gasteiger partial charge is 0.748 e. The Hall–Kier alpha value is -3.78. The first-order chi connectivity index (χ1) is 18.2. The molecule has 1 unspecified atom stereocenters. The molecule has 0 bridgehead atoms. The van der Waals surface area contributed by atoms with Crippen LogP contribution in [-0.2, 0) is 21.3 Å². The maximum absolute atomic E-state index is 13.2. The van der Waals surface area contributed by atoms with Crippen molar-refractivity contribution in [2.45, 2.75) is 33.1 Å². The maximum atomic E-state index is 13.2. The van der Waals surface area contributed by atoms with Crippen molar-refractivity contribution in [3.63, 3.8) is 0 Å². The molecular weight excluding hydrogens is 496 g/mol. The molecule has 1 aliphatic rings. The van der Waals surface area contributed by atoms with Crippen LogP contribution in [0.25, 0.3) is 11.1 Å². The summed E-state index contributed by atoms with van der Waals surface area (Å²) in [6, 6.07) is 24.3. The Morgan fingerprint density at radius 3 is 2.29 bits per heavy atom. The minimum Gasteiger partial charge on any atom is -0.748 e. The van der Waals surface area contributed by atoms with Crippen LogP contribution in [0.4, 0.5) is 11.4 Å². The number of carbonyl (C=O) groups excluding carboxylic acids is 1. The van der Waals surface area contributed by atoms with Crippen LogP contribution >= 0.6 is 0 Å². The first kappa shape index (κ1) is 28.8. The van der Waals surface area contributed by atoms with Gasteiger partial charge < -0.3 is 4.55 Å².